The molecule has 1 aromatic rings. The molecule has 1 heterocycles. The molecule has 102 valence electrons. The van der Waals surface area contributed by atoms with Gasteiger partial charge >= 0.3 is 0 Å². The number of hydrogen-bond acceptors (Lipinski definition) is 8. The van der Waals surface area contributed by atoms with Crippen LogP contribution in [-0.4, -0.2) is 54.0 Å². The summed E-state index contributed by atoms with van der Waals surface area (Å²) in [6, 6.07) is 0. The zero-order chi connectivity index (χ0) is 14.4. The van der Waals surface area contributed by atoms with Crippen molar-refractivity contribution < 1.29 is 25.3 Å². The van der Waals surface area contributed by atoms with Crippen LogP contribution in [0, 0.1) is 0 Å². The third-order valence-corrected chi connectivity index (χ3v) is 5.22. The normalized spacial score (nSPS) is 13.5. The number of rotatable bonds is 3. The molecular weight excluding hydrogens is 304 g/mol. The number of hydrogen-bond donors (Lipinski definition) is 0. The van der Waals surface area contributed by atoms with Crippen molar-refractivity contribution in [3.63, 3.8) is 0 Å². The SMILES string of the molecule is CS(=O)(=O)c1ncnc(S(C)(=O)=O)c1S(C)(=O)=O. The molecule has 0 spiro atoms. The molecule has 0 saturated carbocycles. The average molecular weight is 314 g/mol. The van der Waals surface area contributed by atoms with E-state index in [4.69, 9.17) is 0 Å². The molecule has 18 heavy (non-hydrogen) atoms. The topological polar surface area (TPSA) is 128 Å². The zero-order valence-corrected chi connectivity index (χ0v) is 12.1. The van der Waals surface area contributed by atoms with Crippen LogP contribution in [0.5, 0.6) is 0 Å². The van der Waals surface area contributed by atoms with Gasteiger partial charge in [-0.15, -0.1) is 0 Å². The van der Waals surface area contributed by atoms with Gasteiger partial charge in [0.15, 0.2) is 39.6 Å². The van der Waals surface area contributed by atoms with Crippen molar-refractivity contribution in [2.75, 3.05) is 18.8 Å². The Labute approximate surface area is 105 Å². The molecule has 1 rings (SSSR count). The van der Waals surface area contributed by atoms with Gasteiger partial charge in [-0.05, 0) is 0 Å². The highest BCUT2D eigenvalue weighted by Gasteiger charge is 2.30. The summed E-state index contributed by atoms with van der Waals surface area (Å²) in [4.78, 5) is 5.80. The van der Waals surface area contributed by atoms with Gasteiger partial charge in [-0.25, -0.2) is 35.2 Å². The molecule has 8 nitrogen and oxygen atoms in total. The number of sulfone groups is 3. The van der Waals surface area contributed by atoms with E-state index < -0.39 is 44.5 Å². The minimum Gasteiger partial charge on any atom is -0.224 e. The number of aromatic nitrogens is 2. The minimum atomic E-state index is -4.11. The van der Waals surface area contributed by atoms with Crippen LogP contribution < -0.4 is 0 Å². The van der Waals surface area contributed by atoms with E-state index in [-0.39, 0.29) is 0 Å². The first kappa shape index (κ1) is 15.0. The van der Waals surface area contributed by atoms with Crippen LogP contribution in [0.1, 0.15) is 0 Å². The molecular formula is C7H10N2O6S3. The summed E-state index contributed by atoms with van der Waals surface area (Å²) in [6.07, 6.45) is 2.85. The van der Waals surface area contributed by atoms with Gasteiger partial charge in [0.05, 0.1) is 0 Å². The van der Waals surface area contributed by atoms with E-state index in [1.54, 1.807) is 0 Å². The van der Waals surface area contributed by atoms with Gasteiger partial charge in [-0.2, -0.15) is 0 Å². The summed E-state index contributed by atoms with van der Waals surface area (Å²) in [5.74, 6) is 0. The lowest BCUT2D eigenvalue weighted by Crippen LogP contribution is -2.16. The van der Waals surface area contributed by atoms with Crippen molar-refractivity contribution in [1.82, 2.24) is 9.97 Å². The van der Waals surface area contributed by atoms with E-state index in [2.05, 4.69) is 9.97 Å². The van der Waals surface area contributed by atoms with Crippen molar-refractivity contribution in [2.24, 2.45) is 0 Å². The Hall–Kier alpha value is -1.07. The molecule has 0 radical (unpaired) electrons. The molecule has 0 fully saturated rings. The van der Waals surface area contributed by atoms with E-state index in [0.29, 0.717) is 12.6 Å². The van der Waals surface area contributed by atoms with Crippen molar-refractivity contribution in [1.29, 1.82) is 0 Å². The Morgan fingerprint density at radius 1 is 0.722 bits per heavy atom. The van der Waals surface area contributed by atoms with Crippen molar-refractivity contribution in [3.05, 3.63) is 6.33 Å². The first-order chi connectivity index (χ1) is 7.85. The molecule has 0 amide bonds. The predicted octanol–water partition coefficient (Wildman–Crippen LogP) is -1.31. The molecule has 0 atom stereocenters. The van der Waals surface area contributed by atoms with E-state index in [1.165, 1.54) is 0 Å². The molecule has 0 aliphatic rings. The van der Waals surface area contributed by atoms with Gasteiger partial charge in [0.25, 0.3) is 0 Å². The van der Waals surface area contributed by atoms with Crippen LogP contribution in [0.2, 0.25) is 0 Å². The summed E-state index contributed by atoms with van der Waals surface area (Å²) in [6.45, 7) is 0. The Kier molecular flexibility index (Phi) is 3.53. The van der Waals surface area contributed by atoms with E-state index >= 15 is 0 Å². The summed E-state index contributed by atoms with van der Waals surface area (Å²) in [5, 5.41) is -1.64. The molecule has 0 saturated heterocycles. The molecule has 0 unspecified atom stereocenters. The molecule has 0 aromatic carbocycles. The molecule has 11 heteroatoms. The predicted molar refractivity (Wildman–Crippen MR) is 61.4 cm³/mol. The van der Waals surface area contributed by atoms with Gasteiger partial charge in [-0.3, -0.25) is 0 Å². The fourth-order valence-electron chi connectivity index (χ4n) is 1.19. The summed E-state index contributed by atoms with van der Waals surface area (Å²) in [7, 11) is -12.1. The fraction of sp³-hybridized carbons (Fsp3) is 0.429. The monoisotopic (exact) mass is 314 g/mol. The summed E-state index contributed by atoms with van der Waals surface area (Å²) >= 11 is 0. The van der Waals surface area contributed by atoms with Crippen molar-refractivity contribution in [2.45, 2.75) is 14.9 Å². The minimum absolute atomic E-state index is 0.690. The maximum Gasteiger partial charge on any atom is 0.194 e. The average Bonchev–Trinajstić information content (AvgIpc) is 2.12. The number of nitrogens with zero attached hydrogens (tertiary/aromatic N) is 2. The molecule has 0 bridgehead atoms. The lowest BCUT2D eigenvalue weighted by atomic mass is 10.7. The van der Waals surface area contributed by atoms with Crippen molar-refractivity contribution >= 4 is 29.5 Å². The molecule has 0 N–H and O–H groups in total. The zero-order valence-electron chi connectivity index (χ0n) is 9.65. The van der Waals surface area contributed by atoms with E-state index in [9.17, 15) is 25.3 Å². The Morgan fingerprint density at radius 3 is 1.28 bits per heavy atom. The first-order valence-corrected chi connectivity index (χ1v) is 9.97. The Morgan fingerprint density at radius 2 is 1.06 bits per heavy atom. The highest BCUT2D eigenvalue weighted by molar-refractivity contribution is 7.95. The van der Waals surface area contributed by atoms with Crippen LogP contribution in [-0.2, 0) is 29.5 Å². The molecule has 0 aliphatic heterocycles. The summed E-state index contributed by atoms with van der Waals surface area (Å²) < 4.78 is 68.8. The molecule has 1 aromatic heterocycles. The van der Waals surface area contributed by atoms with E-state index in [0.717, 1.165) is 12.5 Å². The second-order valence-electron chi connectivity index (χ2n) is 3.63. The van der Waals surface area contributed by atoms with Crippen LogP contribution in [0.15, 0.2) is 21.3 Å². The smallest absolute Gasteiger partial charge is 0.194 e. The Bertz CT molecular complexity index is 741. The van der Waals surface area contributed by atoms with Crippen molar-refractivity contribution in [3.8, 4) is 0 Å². The van der Waals surface area contributed by atoms with Gasteiger partial charge < -0.3 is 0 Å². The van der Waals surface area contributed by atoms with Gasteiger partial charge in [0.1, 0.15) is 11.2 Å². The van der Waals surface area contributed by atoms with Gasteiger partial charge in [0, 0.05) is 18.8 Å². The highest BCUT2D eigenvalue weighted by Crippen LogP contribution is 2.24. The second kappa shape index (κ2) is 4.24. The first-order valence-electron chi connectivity index (χ1n) is 4.30. The molecule has 0 aliphatic carbocycles. The quantitative estimate of drug-likeness (QED) is 0.629. The second-order valence-corrected chi connectivity index (χ2v) is 9.44. The highest BCUT2D eigenvalue weighted by atomic mass is 32.2. The van der Waals surface area contributed by atoms with Gasteiger partial charge in [-0.1, -0.05) is 0 Å². The lowest BCUT2D eigenvalue weighted by molar-refractivity contribution is 0.567. The fourth-order valence-corrected chi connectivity index (χ4v) is 5.15. The van der Waals surface area contributed by atoms with Crippen LogP contribution in [0.25, 0.3) is 0 Å². The van der Waals surface area contributed by atoms with Crippen LogP contribution in [0.4, 0.5) is 0 Å². The van der Waals surface area contributed by atoms with Crippen LogP contribution >= 0.6 is 0 Å². The lowest BCUT2D eigenvalue weighted by Gasteiger charge is -2.08. The van der Waals surface area contributed by atoms with E-state index in [1.807, 2.05) is 0 Å². The van der Waals surface area contributed by atoms with Gasteiger partial charge in [0.2, 0.25) is 0 Å². The third-order valence-electron chi connectivity index (χ3n) is 1.81. The third kappa shape index (κ3) is 3.03. The largest absolute Gasteiger partial charge is 0.224 e. The maximum absolute atomic E-state index is 11.6. The Balaban J connectivity index is 4.04. The van der Waals surface area contributed by atoms with Crippen LogP contribution in [0.3, 0.4) is 0 Å². The standard InChI is InChI=1S/C7H10N2O6S3/c1-16(10,11)5-6(17(2,12)13)8-4-9-7(5)18(3,14)15/h4H,1-3H3. The maximum atomic E-state index is 11.6. The summed E-state index contributed by atoms with van der Waals surface area (Å²) in [5.41, 5.74) is 0.